The number of rotatable bonds is 2. The van der Waals surface area contributed by atoms with Crippen LogP contribution in [0.4, 0.5) is 17.6 Å². The Kier molecular flexibility index (Phi) is 3.80. The van der Waals surface area contributed by atoms with Gasteiger partial charge in [0.15, 0.2) is 0 Å². The van der Waals surface area contributed by atoms with Gasteiger partial charge in [0.2, 0.25) is 0 Å². The largest absolute Gasteiger partial charge is 0.383 e. The van der Waals surface area contributed by atoms with Crippen LogP contribution in [0.1, 0.15) is 33.1 Å². The maximum atomic E-state index is 12.9. The molecular weight excluding hydrogens is 226 g/mol. The van der Waals surface area contributed by atoms with Gasteiger partial charge in [-0.05, 0) is 33.1 Å². The van der Waals surface area contributed by atoms with Gasteiger partial charge in [-0.2, -0.15) is 8.78 Å². The molecule has 0 aromatic carbocycles. The van der Waals surface area contributed by atoms with E-state index in [4.69, 9.17) is 0 Å². The zero-order valence-electron chi connectivity index (χ0n) is 9.22. The number of piperidine rings is 1. The van der Waals surface area contributed by atoms with E-state index in [-0.39, 0.29) is 0 Å². The van der Waals surface area contributed by atoms with Crippen molar-refractivity contribution < 1.29 is 22.4 Å². The molecule has 0 aromatic heterocycles. The minimum Gasteiger partial charge on any atom is -0.332 e. The van der Waals surface area contributed by atoms with E-state index < -0.39 is 30.3 Å². The molecule has 0 bridgehead atoms. The SMILES string of the molecule is CC1CCCC(C)N1C(=O)C(F)(F)C(F)F. The zero-order valence-corrected chi connectivity index (χ0v) is 9.22. The highest BCUT2D eigenvalue weighted by atomic mass is 19.3. The van der Waals surface area contributed by atoms with E-state index in [1.54, 1.807) is 13.8 Å². The molecule has 1 heterocycles. The monoisotopic (exact) mass is 241 g/mol. The molecule has 1 rings (SSSR count). The summed E-state index contributed by atoms with van der Waals surface area (Å²) >= 11 is 0. The average Bonchev–Trinajstić information content (AvgIpc) is 2.16. The maximum Gasteiger partial charge on any atom is 0.383 e. The van der Waals surface area contributed by atoms with Crippen molar-refractivity contribution in [3.63, 3.8) is 0 Å². The Morgan fingerprint density at radius 2 is 1.69 bits per heavy atom. The summed E-state index contributed by atoms with van der Waals surface area (Å²) in [6.07, 6.45) is -1.96. The second-order valence-corrected chi connectivity index (χ2v) is 4.27. The van der Waals surface area contributed by atoms with Crippen molar-refractivity contribution in [2.24, 2.45) is 0 Å². The Balaban J connectivity index is 2.86. The molecule has 0 aromatic rings. The normalized spacial score (nSPS) is 27.3. The Morgan fingerprint density at radius 3 is 2.06 bits per heavy atom. The fourth-order valence-electron chi connectivity index (χ4n) is 2.09. The smallest absolute Gasteiger partial charge is 0.332 e. The summed E-state index contributed by atoms with van der Waals surface area (Å²) in [6.45, 7) is 3.21. The molecule has 1 aliphatic heterocycles. The first-order valence-corrected chi connectivity index (χ1v) is 5.27. The zero-order chi connectivity index (χ0) is 12.5. The highest BCUT2D eigenvalue weighted by Gasteiger charge is 2.53. The third-order valence-electron chi connectivity index (χ3n) is 2.99. The highest BCUT2D eigenvalue weighted by Crippen LogP contribution is 2.31. The van der Waals surface area contributed by atoms with Crippen LogP contribution in [0.5, 0.6) is 0 Å². The summed E-state index contributed by atoms with van der Waals surface area (Å²) < 4.78 is 50.0. The van der Waals surface area contributed by atoms with Crippen LogP contribution in [0.15, 0.2) is 0 Å². The van der Waals surface area contributed by atoms with Gasteiger partial charge in [0, 0.05) is 12.1 Å². The second kappa shape index (κ2) is 4.59. The lowest BCUT2D eigenvalue weighted by Crippen LogP contribution is -2.55. The predicted molar refractivity (Wildman–Crippen MR) is 50.6 cm³/mol. The Bertz CT molecular complexity index is 260. The lowest BCUT2D eigenvalue weighted by Gasteiger charge is -2.40. The van der Waals surface area contributed by atoms with Crippen LogP contribution in [-0.4, -0.2) is 35.2 Å². The van der Waals surface area contributed by atoms with Gasteiger partial charge in [-0.15, -0.1) is 0 Å². The summed E-state index contributed by atoms with van der Waals surface area (Å²) in [7, 11) is 0. The van der Waals surface area contributed by atoms with E-state index in [0.717, 1.165) is 11.3 Å². The van der Waals surface area contributed by atoms with Gasteiger partial charge in [-0.3, -0.25) is 4.79 Å². The van der Waals surface area contributed by atoms with Gasteiger partial charge >= 0.3 is 12.3 Å². The number of nitrogens with zero attached hydrogens (tertiary/aromatic N) is 1. The number of halogens is 4. The summed E-state index contributed by atoms with van der Waals surface area (Å²) in [5.74, 6) is -6.32. The minimum atomic E-state index is -4.57. The lowest BCUT2D eigenvalue weighted by atomic mass is 9.96. The van der Waals surface area contributed by atoms with Crippen molar-refractivity contribution in [3.8, 4) is 0 Å². The molecule has 1 aliphatic rings. The number of hydrogen-bond acceptors (Lipinski definition) is 1. The summed E-state index contributed by atoms with van der Waals surface area (Å²) in [6, 6.07) is -0.804. The topological polar surface area (TPSA) is 20.3 Å². The molecule has 94 valence electrons. The highest BCUT2D eigenvalue weighted by molar-refractivity contribution is 5.84. The molecule has 0 radical (unpaired) electrons. The van der Waals surface area contributed by atoms with Crippen LogP contribution in [0.3, 0.4) is 0 Å². The third kappa shape index (κ3) is 2.30. The fraction of sp³-hybridized carbons (Fsp3) is 0.900. The van der Waals surface area contributed by atoms with Crippen molar-refractivity contribution in [1.82, 2.24) is 4.90 Å². The van der Waals surface area contributed by atoms with E-state index in [1.165, 1.54) is 0 Å². The van der Waals surface area contributed by atoms with Gasteiger partial charge in [0.1, 0.15) is 0 Å². The first-order valence-electron chi connectivity index (χ1n) is 5.27. The van der Waals surface area contributed by atoms with Crippen LogP contribution in [0, 0.1) is 0 Å². The van der Waals surface area contributed by atoms with Crippen LogP contribution < -0.4 is 0 Å². The van der Waals surface area contributed by atoms with Gasteiger partial charge in [0.25, 0.3) is 5.91 Å². The molecule has 2 nitrogen and oxygen atoms in total. The molecule has 16 heavy (non-hydrogen) atoms. The molecule has 2 unspecified atom stereocenters. The molecule has 6 heteroatoms. The van der Waals surface area contributed by atoms with E-state index in [9.17, 15) is 22.4 Å². The van der Waals surface area contributed by atoms with Crippen LogP contribution >= 0.6 is 0 Å². The predicted octanol–water partition coefficient (Wildman–Crippen LogP) is 2.68. The van der Waals surface area contributed by atoms with E-state index in [1.807, 2.05) is 0 Å². The van der Waals surface area contributed by atoms with Gasteiger partial charge in [-0.1, -0.05) is 0 Å². The molecule has 1 amide bonds. The van der Waals surface area contributed by atoms with Crippen molar-refractivity contribution >= 4 is 5.91 Å². The van der Waals surface area contributed by atoms with Gasteiger partial charge in [0.05, 0.1) is 0 Å². The summed E-state index contributed by atoms with van der Waals surface area (Å²) in [5.41, 5.74) is 0. The average molecular weight is 241 g/mol. The molecule has 0 aliphatic carbocycles. The van der Waals surface area contributed by atoms with Crippen LogP contribution in [0.2, 0.25) is 0 Å². The van der Waals surface area contributed by atoms with Crippen molar-refractivity contribution in [3.05, 3.63) is 0 Å². The van der Waals surface area contributed by atoms with Crippen molar-refractivity contribution in [1.29, 1.82) is 0 Å². The fourth-order valence-corrected chi connectivity index (χ4v) is 2.09. The van der Waals surface area contributed by atoms with Crippen molar-refractivity contribution in [2.75, 3.05) is 0 Å². The number of hydrogen-bond donors (Lipinski definition) is 0. The first kappa shape index (κ1) is 13.3. The number of alkyl halides is 4. The Hall–Kier alpha value is -0.810. The number of carbonyl (C=O) groups excluding carboxylic acids is 1. The summed E-state index contributed by atoms with van der Waals surface area (Å²) in [5, 5.41) is 0. The van der Waals surface area contributed by atoms with Crippen LogP contribution in [0.25, 0.3) is 0 Å². The first-order chi connectivity index (χ1) is 7.28. The molecule has 0 N–H and O–H groups in total. The van der Waals surface area contributed by atoms with Crippen LogP contribution in [-0.2, 0) is 4.79 Å². The third-order valence-corrected chi connectivity index (χ3v) is 2.99. The van der Waals surface area contributed by atoms with E-state index in [2.05, 4.69) is 0 Å². The molecular formula is C10H15F4NO. The van der Waals surface area contributed by atoms with E-state index >= 15 is 0 Å². The number of carbonyl (C=O) groups is 1. The second-order valence-electron chi connectivity index (χ2n) is 4.27. The summed E-state index contributed by atoms with van der Waals surface area (Å²) in [4.78, 5) is 12.3. The van der Waals surface area contributed by atoms with Gasteiger partial charge in [-0.25, -0.2) is 8.78 Å². The minimum absolute atomic E-state index is 0.402. The quantitative estimate of drug-likeness (QED) is 0.681. The van der Waals surface area contributed by atoms with Gasteiger partial charge < -0.3 is 4.90 Å². The molecule has 0 spiro atoms. The van der Waals surface area contributed by atoms with E-state index in [0.29, 0.717) is 12.8 Å². The maximum absolute atomic E-state index is 12.9. The lowest BCUT2D eigenvalue weighted by molar-refractivity contribution is -0.186. The van der Waals surface area contributed by atoms with Crippen molar-refractivity contribution in [2.45, 2.75) is 57.5 Å². The molecule has 0 saturated carbocycles. The molecule has 1 saturated heterocycles. The molecule has 1 fully saturated rings. The number of likely N-dealkylation sites (tertiary alicyclic amines) is 1. The Labute approximate surface area is 91.6 Å². The standard InChI is InChI=1S/C10H15F4NO/c1-6-4-3-5-7(2)15(6)9(16)10(13,14)8(11)12/h6-8H,3-5H2,1-2H3. The Morgan fingerprint density at radius 1 is 1.25 bits per heavy atom. The molecule has 2 atom stereocenters. The number of amides is 1.